The molecule has 0 bridgehead atoms. The number of nitrogens with one attached hydrogen (secondary N) is 2. The van der Waals surface area contributed by atoms with Crippen molar-refractivity contribution in [2.24, 2.45) is 0 Å². The molecular formula is C26H36FN5O5. The van der Waals surface area contributed by atoms with Gasteiger partial charge in [0.15, 0.2) is 6.29 Å². The van der Waals surface area contributed by atoms with Crippen LogP contribution < -0.4 is 10.6 Å². The number of ether oxygens (including phenoxy) is 3. The number of carbonyl (C=O) groups is 2. The lowest BCUT2D eigenvalue weighted by Gasteiger charge is -2.34. The highest BCUT2D eigenvalue weighted by molar-refractivity contribution is 5.90. The molecule has 1 aliphatic heterocycles. The van der Waals surface area contributed by atoms with E-state index >= 15 is 0 Å². The van der Waals surface area contributed by atoms with E-state index in [1.54, 1.807) is 28.6 Å². The molecule has 11 heteroatoms. The molecule has 10 nitrogen and oxygen atoms in total. The molecule has 2 heterocycles. The highest BCUT2D eigenvalue weighted by Gasteiger charge is 2.36. The number of halogens is 1. The van der Waals surface area contributed by atoms with Crippen molar-refractivity contribution in [1.82, 2.24) is 20.0 Å². The fraction of sp³-hybridized carbons (Fsp3) is 0.500. The third-order valence-electron chi connectivity index (χ3n) is 6.02. The molecule has 1 aromatic carbocycles. The van der Waals surface area contributed by atoms with Crippen molar-refractivity contribution in [3.05, 3.63) is 46.9 Å². The second kappa shape index (κ2) is 11.3. The molecule has 0 radical (unpaired) electrons. The highest BCUT2D eigenvalue weighted by Crippen LogP contribution is 2.37. The third-order valence-corrected chi connectivity index (χ3v) is 6.02. The molecule has 0 unspecified atom stereocenters. The summed E-state index contributed by atoms with van der Waals surface area (Å²) in [7, 11) is 2.94. The molecule has 0 spiro atoms. The summed E-state index contributed by atoms with van der Waals surface area (Å²) in [4.78, 5) is 27.5. The predicted octanol–water partition coefficient (Wildman–Crippen LogP) is 4.56. The Morgan fingerprint density at radius 3 is 2.57 bits per heavy atom. The molecule has 2 aromatic rings. The number of aryl methyl sites for hydroxylation is 1. The number of benzene rings is 1. The number of rotatable bonds is 7. The minimum atomic E-state index is -0.659. The Bertz CT molecular complexity index is 1170. The zero-order valence-corrected chi connectivity index (χ0v) is 22.5. The molecule has 0 saturated heterocycles. The van der Waals surface area contributed by atoms with Crippen LogP contribution in [0.1, 0.15) is 56.1 Å². The van der Waals surface area contributed by atoms with E-state index < -0.39 is 30.1 Å². The number of amides is 3. The first kappa shape index (κ1) is 28.1. The number of aromatic nitrogens is 2. The third kappa shape index (κ3) is 6.28. The first-order chi connectivity index (χ1) is 17.4. The number of urea groups is 1. The Morgan fingerprint density at radius 2 is 1.97 bits per heavy atom. The maximum atomic E-state index is 14.6. The summed E-state index contributed by atoms with van der Waals surface area (Å²) in [5.41, 5.74) is 1.99. The molecule has 1 atom stereocenters. The van der Waals surface area contributed by atoms with Crippen LogP contribution in [0.5, 0.6) is 0 Å². The van der Waals surface area contributed by atoms with Gasteiger partial charge in [-0.25, -0.2) is 18.7 Å². The summed E-state index contributed by atoms with van der Waals surface area (Å²) in [5, 5.41) is 10.3. The van der Waals surface area contributed by atoms with E-state index in [9.17, 15) is 14.0 Å². The minimum absolute atomic E-state index is 0.102. The van der Waals surface area contributed by atoms with E-state index in [2.05, 4.69) is 17.2 Å². The molecule has 3 rings (SSSR count). The number of carbonyl (C=O) groups excluding carboxylic acids is 2. The number of anilines is 1. The summed E-state index contributed by atoms with van der Waals surface area (Å²) in [6, 6.07) is 2.28. The molecule has 0 saturated carbocycles. The number of hydrogen-bond acceptors (Lipinski definition) is 6. The molecule has 1 aliphatic rings. The molecule has 37 heavy (non-hydrogen) atoms. The van der Waals surface area contributed by atoms with E-state index in [-0.39, 0.29) is 12.4 Å². The normalized spacial score (nSPS) is 15.4. The SMILES string of the molecule is C=Cc1cc(-n2nc3c(c2NC(=O)NCC(OC)OC)[C@H](C)N(C(=O)OC(C)(C)C)CC3)cc(C)c1F. The van der Waals surface area contributed by atoms with Crippen molar-refractivity contribution >= 4 is 24.0 Å². The van der Waals surface area contributed by atoms with Crippen molar-refractivity contribution in [2.75, 3.05) is 32.6 Å². The average molecular weight is 518 g/mol. The summed E-state index contributed by atoms with van der Waals surface area (Å²) < 4.78 is 32.0. The number of fused-ring (bicyclic) bond motifs is 1. The monoisotopic (exact) mass is 517 g/mol. The summed E-state index contributed by atoms with van der Waals surface area (Å²) in [6.45, 7) is 13.1. The fourth-order valence-electron chi connectivity index (χ4n) is 4.19. The standard InChI is InChI=1S/C26H36FN5O5/c1-9-17-13-18(12-15(2)22(17)27)32-23(29-24(33)28-14-20(35-7)36-8)21-16(3)31(11-10-19(21)30-32)25(34)37-26(4,5)6/h9,12-13,16,20H,1,10-11,14H2,2-8H3,(H2,28,29,33)/t16-/m0/s1. The van der Waals surface area contributed by atoms with Crippen molar-refractivity contribution < 1.29 is 28.2 Å². The largest absolute Gasteiger partial charge is 0.444 e. The smallest absolute Gasteiger partial charge is 0.410 e. The van der Waals surface area contributed by atoms with Crippen LogP contribution in [-0.4, -0.2) is 66.0 Å². The van der Waals surface area contributed by atoms with E-state index in [4.69, 9.17) is 19.3 Å². The minimum Gasteiger partial charge on any atom is -0.444 e. The van der Waals surface area contributed by atoms with Gasteiger partial charge in [0.05, 0.1) is 24.0 Å². The number of methoxy groups -OCH3 is 2. The number of hydrogen-bond donors (Lipinski definition) is 2. The Hall–Kier alpha value is -3.44. The van der Waals surface area contributed by atoms with Crippen molar-refractivity contribution in [1.29, 1.82) is 0 Å². The zero-order valence-electron chi connectivity index (χ0n) is 22.5. The number of nitrogens with zero attached hydrogens (tertiary/aromatic N) is 3. The van der Waals surface area contributed by atoms with Gasteiger partial charge in [0.2, 0.25) is 0 Å². The Balaban J connectivity index is 2.06. The second-order valence-corrected chi connectivity index (χ2v) is 9.83. The summed E-state index contributed by atoms with van der Waals surface area (Å²) in [5.74, 6) is -0.0155. The Morgan fingerprint density at radius 1 is 1.30 bits per heavy atom. The van der Waals surface area contributed by atoms with E-state index in [0.717, 1.165) is 5.69 Å². The van der Waals surface area contributed by atoms with Crippen LogP contribution in [0, 0.1) is 12.7 Å². The Kier molecular flexibility index (Phi) is 8.60. The molecular weight excluding hydrogens is 481 g/mol. The molecule has 3 amide bonds. The van der Waals surface area contributed by atoms with Crippen LogP contribution in [0.3, 0.4) is 0 Å². The quantitative estimate of drug-likeness (QED) is 0.522. The zero-order chi connectivity index (χ0) is 27.5. The van der Waals surface area contributed by atoms with E-state index in [1.165, 1.54) is 20.3 Å². The van der Waals surface area contributed by atoms with Gasteiger partial charge < -0.3 is 24.4 Å². The predicted molar refractivity (Wildman–Crippen MR) is 138 cm³/mol. The van der Waals surface area contributed by atoms with Crippen molar-refractivity contribution in [3.8, 4) is 5.69 Å². The summed E-state index contributed by atoms with van der Waals surface area (Å²) >= 11 is 0. The molecule has 0 aliphatic carbocycles. The second-order valence-electron chi connectivity index (χ2n) is 9.83. The first-order valence-electron chi connectivity index (χ1n) is 12.0. The van der Waals surface area contributed by atoms with Gasteiger partial charge in [-0.05, 0) is 52.3 Å². The lowest BCUT2D eigenvalue weighted by atomic mass is 10.00. The first-order valence-corrected chi connectivity index (χ1v) is 12.0. The van der Waals surface area contributed by atoms with Crippen LogP contribution in [0.4, 0.5) is 19.8 Å². The molecule has 202 valence electrons. The van der Waals surface area contributed by atoms with Gasteiger partial charge in [-0.2, -0.15) is 5.10 Å². The topological polar surface area (TPSA) is 107 Å². The van der Waals surface area contributed by atoms with E-state index in [0.29, 0.717) is 41.2 Å². The van der Waals surface area contributed by atoms with Crippen molar-refractivity contribution in [3.63, 3.8) is 0 Å². The lowest BCUT2D eigenvalue weighted by Crippen LogP contribution is -2.42. The maximum absolute atomic E-state index is 14.6. The van der Waals surface area contributed by atoms with Crippen LogP contribution in [-0.2, 0) is 20.6 Å². The molecule has 0 fully saturated rings. The van der Waals surface area contributed by atoms with Gasteiger partial charge in [0, 0.05) is 38.3 Å². The van der Waals surface area contributed by atoms with Gasteiger partial charge in [-0.3, -0.25) is 5.32 Å². The highest BCUT2D eigenvalue weighted by atomic mass is 19.1. The van der Waals surface area contributed by atoms with Crippen LogP contribution >= 0.6 is 0 Å². The van der Waals surface area contributed by atoms with Crippen LogP contribution in [0.2, 0.25) is 0 Å². The van der Waals surface area contributed by atoms with Gasteiger partial charge in [-0.15, -0.1) is 0 Å². The van der Waals surface area contributed by atoms with Gasteiger partial charge in [0.1, 0.15) is 17.2 Å². The van der Waals surface area contributed by atoms with Gasteiger partial charge >= 0.3 is 12.1 Å². The lowest BCUT2D eigenvalue weighted by molar-refractivity contribution is -0.0970. The van der Waals surface area contributed by atoms with Gasteiger partial charge in [0.25, 0.3) is 0 Å². The Labute approximate surface area is 216 Å². The average Bonchev–Trinajstić information content (AvgIpc) is 3.19. The van der Waals surface area contributed by atoms with E-state index in [1.807, 2.05) is 27.7 Å². The van der Waals surface area contributed by atoms with Crippen molar-refractivity contribution in [2.45, 2.75) is 59.0 Å². The van der Waals surface area contributed by atoms with Crippen LogP contribution in [0.15, 0.2) is 18.7 Å². The molecule has 1 aromatic heterocycles. The van der Waals surface area contributed by atoms with Gasteiger partial charge in [-0.1, -0.05) is 12.7 Å². The summed E-state index contributed by atoms with van der Waals surface area (Å²) in [6.07, 6.45) is 0.799. The van der Waals surface area contributed by atoms with Crippen LogP contribution in [0.25, 0.3) is 11.8 Å². The maximum Gasteiger partial charge on any atom is 0.410 e. The fourth-order valence-corrected chi connectivity index (χ4v) is 4.19. The molecule has 2 N–H and O–H groups in total.